The van der Waals surface area contributed by atoms with Crippen molar-refractivity contribution in [1.82, 2.24) is 30.3 Å². The van der Waals surface area contributed by atoms with E-state index in [1.807, 2.05) is 0 Å². The van der Waals surface area contributed by atoms with E-state index in [0.717, 1.165) is 30.4 Å². The van der Waals surface area contributed by atoms with Crippen molar-refractivity contribution in [2.45, 2.75) is 37.4 Å². The van der Waals surface area contributed by atoms with Gasteiger partial charge in [-0.15, -0.1) is 0 Å². The van der Waals surface area contributed by atoms with Gasteiger partial charge in [-0.25, -0.2) is 9.67 Å². The third kappa shape index (κ3) is 4.20. The van der Waals surface area contributed by atoms with Crippen LogP contribution in [0.25, 0.3) is 16.7 Å². The fraction of sp³-hybridized carbons (Fsp3) is 0.292. The van der Waals surface area contributed by atoms with Crippen molar-refractivity contribution in [3.8, 4) is 5.82 Å². The van der Waals surface area contributed by atoms with E-state index < -0.39 is 23.5 Å². The van der Waals surface area contributed by atoms with Gasteiger partial charge in [0.15, 0.2) is 11.5 Å². The number of aromatic nitrogens is 5. The summed E-state index contributed by atoms with van der Waals surface area (Å²) >= 11 is 6.16. The molecular weight excluding hydrogens is 522 g/mol. The molecule has 194 valence electrons. The first-order chi connectivity index (χ1) is 18.1. The minimum absolute atomic E-state index is 0.00306. The van der Waals surface area contributed by atoms with E-state index in [-0.39, 0.29) is 33.5 Å². The molecule has 0 bridgehead atoms. The number of carbonyl (C=O) groups is 2. The SMILES string of the molecule is Bc1cc2cn[nH]c2c(C(=O)NC2(C3CC3)CC2)c1NC(=O)c1cc(C(F)(F)F)nn1-c1ncccc1Cl. The lowest BCUT2D eigenvalue weighted by molar-refractivity contribution is -0.141. The van der Waals surface area contributed by atoms with Gasteiger partial charge in [-0.05, 0) is 43.7 Å². The number of fused-ring (bicyclic) bond motifs is 1. The molecule has 3 aromatic heterocycles. The third-order valence-electron chi connectivity index (χ3n) is 7.08. The summed E-state index contributed by atoms with van der Waals surface area (Å²) in [7, 11) is 1.70. The van der Waals surface area contributed by atoms with Crippen molar-refractivity contribution in [2.75, 3.05) is 5.32 Å². The highest BCUT2D eigenvalue weighted by atomic mass is 35.5. The van der Waals surface area contributed by atoms with Crippen LogP contribution in [-0.4, -0.2) is 50.2 Å². The molecule has 0 unspecified atom stereocenters. The average molecular weight is 542 g/mol. The fourth-order valence-electron chi connectivity index (χ4n) is 4.87. The highest BCUT2D eigenvalue weighted by Crippen LogP contribution is 2.53. The molecule has 1 aromatic carbocycles. The van der Waals surface area contributed by atoms with Gasteiger partial charge in [-0.2, -0.15) is 23.4 Å². The van der Waals surface area contributed by atoms with E-state index in [1.54, 1.807) is 20.1 Å². The monoisotopic (exact) mass is 541 g/mol. The van der Waals surface area contributed by atoms with Crippen LogP contribution in [0.4, 0.5) is 18.9 Å². The molecule has 0 aliphatic heterocycles. The lowest BCUT2D eigenvalue weighted by Gasteiger charge is -2.20. The van der Waals surface area contributed by atoms with Crippen LogP contribution in [0.15, 0.2) is 36.7 Å². The summed E-state index contributed by atoms with van der Waals surface area (Å²) in [6.07, 6.45) is 1.94. The van der Waals surface area contributed by atoms with Crippen molar-refractivity contribution in [3.63, 3.8) is 0 Å². The number of alkyl halides is 3. The quantitative estimate of drug-likeness (QED) is 0.325. The molecule has 2 fully saturated rings. The molecule has 3 heterocycles. The summed E-state index contributed by atoms with van der Waals surface area (Å²) in [5.41, 5.74) is -0.725. The van der Waals surface area contributed by atoms with Crippen molar-refractivity contribution in [1.29, 1.82) is 0 Å². The number of anilines is 1. The van der Waals surface area contributed by atoms with E-state index in [4.69, 9.17) is 11.6 Å². The second kappa shape index (κ2) is 8.58. The van der Waals surface area contributed by atoms with Gasteiger partial charge >= 0.3 is 6.18 Å². The van der Waals surface area contributed by atoms with Gasteiger partial charge in [-0.1, -0.05) is 23.1 Å². The zero-order chi connectivity index (χ0) is 26.8. The molecule has 3 N–H and O–H groups in total. The molecule has 2 aliphatic carbocycles. The number of hydrogen-bond acceptors (Lipinski definition) is 5. The minimum Gasteiger partial charge on any atom is -0.346 e. The standard InChI is InChI=1S/C24H20BClF3N7O2/c25-13-8-11-10-31-34-18(11)17(22(38)33-23(5-6-23)12-3-4-12)19(13)32-21(37)15-9-16(24(27,28)29)35-36(15)20-14(26)2-1-7-30-20/h1-2,7-10,12H,3-6,25H2,(H,31,34)(H,32,37)(H,33,38). The Morgan fingerprint density at radius 1 is 1.21 bits per heavy atom. The Balaban J connectivity index is 1.42. The topological polar surface area (TPSA) is 118 Å². The highest BCUT2D eigenvalue weighted by molar-refractivity contribution is 6.39. The molecule has 2 amide bonds. The van der Waals surface area contributed by atoms with Crippen molar-refractivity contribution >= 4 is 53.3 Å². The van der Waals surface area contributed by atoms with Gasteiger partial charge in [0.1, 0.15) is 13.5 Å². The Morgan fingerprint density at radius 3 is 2.63 bits per heavy atom. The van der Waals surface area contributed by atoms with Crippen LogP contribution in [0.3, 0.4) is 0 Å². The number of pyridine rings is 1. The van der Waals surface area contributed by atoms with Gasteiger partial charge < -0.3 is 10.6 Å². The number of aromatic amines is 1. The zero-order valence-corrected chi connectivity index (χ0v) is 20.7. The number of nitrogens with zero attached hydrogens (tertiary/aromatic N) is 4. The fourth-order valence-corrected chi connectivity index (χ4v) is 5.07. The van der Waals surface area contributed by atoms with Gasteiger partial charge in [0, 0.05) is 28.9 Å². The summed E-state index contributed by atoms with van der Waals surface area (Å²) in [6.45, 7) is 0. The van der Waals surface area contributed by atoms with Crippen LogP contribution < -0.4 is 16.1 Å². The molecule has 0 radical (unpaired) electrons. The second-order valence-electron chi connectivity index (χ2n) is 9.75. The van der Waals surface area contributed by atoms with E-state index in [0.29, 0.717) is 28.4 Å². The van der Waals surface area contributed by atoms with Crippen molar-refractivity contribution in [2.24, 2.45) is 5.92 Å². The summed E-state index contributed by atoms with van der Waals surface area (Å²) in [5.74, 6) is -1.02. The molecule has 14 heteroatoms. The summed E-state index contributed by atoms with van der Waals surface area (Å²) < 4.78 is 41.5. The summed E-state index contributed by atoms with van der Waals surface area (Å²) in [6, 6.07) is 5.28. The molecule has 9 nitrogen and oxygen atoms in total. The number of H-pyrrole nitrogens is 1. The maximum absolute atomic E-state index is 13.6. The maximum Gasteiger partial charge on any atom is 0.435 e. The number of hydrogen-bond donors (Lipinski definition) is 3. The first kappa shape index (κ1) is 24.5. The van der Waals surface area contributed by atoms with E-state index in [2.05, 4.69) is 30.9 Å². The number of halogens is 4. The first-order valence-electron chi connectivity index (χ1n) is 12.0. The zero-order valence-electron chi connectivity index (χ0n) is 20.0. The smallest absolute Gasteiger partial charge is 0.346 e. The molecule has 6 rings (SSSR count). The highest BCUT2D eigenvalue weighted by Gasteiger charge is 2.55. The van der Waals surface area contributed by atoms with Crippen LogP contribution in [0, 0.1) is 5.92 Å². The number of benzene rings is 1. The van der Waals surface area contributed by atoms with Crippen molar-refractivity contribution < 1.29 is 22.8 Å². The molecule has 4 aromatic rings. The van der Waals surface area contributed by atoms with E-state index >= 15 is 0 Å². The predicted octanol–water partition coefficient (Wildman–Crippen LogP) is 3.00. The van der Waals surface area contributed by atoms with E-state index in [1.165, 1.54) is 18.3 Å². The van der Waals surface area contributed by atoms with Crippen LogP contribution in [0.2, 0.25) is 5.02 Å². The van der Waals surface area contributed by atoms with Crippen LogP contribution in [-0.2, 0) is 6.18 Å². The molecule has 0 atom stereocenters. The average Bonchev–Trinajstić information content (AvgIpc) is 3.76. The Hall–Kier alpha value is -3.87. The van der Waals surface area contributed by atoms with Crippen LogP contribution >= 0.6 is 11.6 Å². The maximum atomic E-state index is 13.6. The Bertz CT molecular complexity index is 1610. The van der Waals surface area contributed by atoms with Gasteiger partial charge in [0.2, 0.25) is 0 Å². The van der Waals surface area contributed by atoms with Crippen LogP contribution in [0.1, 0.15) is 52.2 Å². The number of rotatable bonds is 6. The number of carbonyl (C=O) groups excluding carboxylic acids is 2. The second-order valence-corrected chi connectivity index (χ2v) is 10.2. The lowest BCUT2D eigenvalue weighted by Crippen LogP contribution is -2.39. The minimum atomic E-state index is -4.82. The lowest BCUT2D eigenvalue weighted by atomic mass is 9.89. The third-order valence-corrected chi connectivity index (χ3v) is 7.38. The molecule has 2 aliphatic rings. The number of nitrogens with one attached hydrogen (secondary N) is 3. The molecule has 2 saturated carbocycles. The van der Waals surface area contributed by atoms with E-state index in [9.17, 15) is 22.8 Å². The predicted molar refractivity (Wildman–Crippen MR) is 136 cm³/mol. The van der Waals surface area contributed by atoms with Gasteiger partial charge in [0.25, 0.3) is 11.8 Å². The van der Waals surface area contributed by atoms with Crippen LogP contribution in [0.5, 0.6) is 0 Å². The molecule has 0 saturated heterocycles. The normalized spacial score (nSPS) is 16.4. The van der Waals surface area contributed by atoms with Gasteiger partial charge in [0.05, 0.1) is 22.3 Å². The largest absolute Gasteiger partial charge is 0.435 e. The van der Waals surface area contributed by atoms with Crippen molar-refractivity contribution in [3.05, 3.63) is 58.6 Å². The Labute approximate surface area is 219 Å². The van der Waals surface area contributed by atoms with Gasteiger partial charge in [-0.3, -0.25) is 14.7 Å². The molecular formula is C24H20BClF3N7O2. The Kier molecular flexibility index (Phi) is 5.53. The summed E-state index contributed by atoms with van der Waals surface area (Å²) in [5, 5.41) is 16.9. The number of amides is 2. The Morgan fingerprint density at radius 2 is 1.97 bits per heavy atom. The first-order valence-corrected chi connectivity index (χ1v) is 12.3. The summed E-state index contributed by atoms with van der Waals surface area (Å²) in [4.78, 5) is 31.1. The molecule has 0 spiro atoms. The molecule has 38 heavy (non-hydrogen) atoms.